The third-order valence-corrected chi connectivity index (χ3v) is 4.08. The molecule has 1 fully saturated rings. The number of non-ortho nitro benzene ring substituents is 1. The molecule has 1 unspecified atom stereocenters. The fourth-order valence-corrected chi connectivity index (χ4v) is 3.03. The van der Waals surface area contributed by atoms with Crippen molar-refractivity contribution in [2.75, 3.05) is 11.4 Å². The fraction of sp³-hybridized carbons (Fsp3) is 0.250. The van der Waals surface area contributed by atoms with Gasteiger partial charge in [-0.05, 0) is 30.5 Å². The smallest absolute Gasteiger partial charge is 0.275 e. The summed E-state index contributed by atoms with van der Waals surface area (Å²) in [4.78, 5) is 11.2. The predicted octanol–water partition coefficient (Wildman–Crippen LogP) is 4.49. The highest BCUT2D eigenvalue weighted by molar-refractivity contribution is 5.56. The molecule has 3 rings (SSSR count). The van der Waals surface area contributed by atoms with Crippen molar-refractivity contribution in [2.45, 2.75) is 18.9 Å². The summed E-state index contributed by atoms with van der Waals surface area (Å²) in [6, 6.07) is 4.09. The van der Waals surface area contributed by atoms with Gasteiger partial charge in [0, 0.05) is 6.54 Å². The molecule has 1 saturated heterocycles. The highest BCUT2D eigenvalue weighted by atomic mass is 19.2. The molecule has 126 valence electrons. The van der Waals surface area contributed by atoms with Gasteiger partial charge in [-0.1, -0.05) is 6.07 Å². The largest absolute Gasteiger partial charge is 0.360 e. The maximum absolute atomic E-state index is 14.2. The van der Waals surface area contributed by atoms with Gasteiger partial charge in [0.2, 0.25) is 0 Å². The van der Waals surface area contributed by atoms with Crippen molar-refractivity contribution in [3.8, 4) is 0 Å². The number of anilines is 1. The number of nitro benzene ring substituents is 1. The molecule has 4 nitrogen and oxygen atoms in total. The van der Waals surface area contributed by atoms with E-state index in [1.165, 1.54) is 11.0 Å². The first-order valence-corrected chi connectivity index (χ1v) is 7.23. The third-order valence-electron chi connectivity index (χ3n) is 4.08. The zero-order valence-corrected chi connectivity index (χ0v) is 12.3. The van der Waals surface area contributed by atoms with Crippen LogP contribution in [0, 0.1) is 33.4 Å². The topological polar surface area (TPSA) is 46.4 Å². The minimum Gasteiger partial charge on any atom is -0.360 e. The molecular weight excluding hydrogens is 328 g/mol. The van der Waals surface area contributed by atoms with E-state index in [0.717, 1.165) is 12.1 Å². The predicted molar refractivity (Wildman–Crippen MR) is 78.7 cm³/mol. The minimum absolute atomic E-state index is 0.301. The van der Waals surface area contributed by atoms with Crippen molar-refractivity contribution < 1.29 is 22.5 Å². The van der Waals surface area contributed by atoms with Crippen molar-refractivity contribution in [3.05, 3.63) is 69.3 Å². The fourth-order valence-electron chi connectivity index (χ4n) is 3.03. The van der Waals surface area contributed by atoms with E-state index < -0.39 is 45.6 Å². The van der Waals surface area contributed by atoms with Crippen LogP contribution in [0.5, 0.6) is 0 Å². The van der Waals surface area contributed by atoms with Crippen LogP contribution in [0.25, 0.3) is 0 Å². The molecule has 0 amide bonds. The molecule has 2 aromatic rings. The van der Waals surface area contributed by atoms with Crippen LogP contribution in [0.2, 0.25) is 0 Å². The zero-order chi connectivity index (χ0) is 17.4. The SMILES string of the molecule is O=[N+]([O-])c1cc(F)c(N2CCCC2c2ccc(F)c(F)c2)c(F)c1. The number of hydrogen-bond acceptors (Lipinski definition) is 3. The van der Waals surface area contributed by atoms with Crippen LogP contribution < -0.4 is 4.90 Å². The monoisotopic (exact) mass is 340 g/mol. The molecule has 0 N–H and O–H groups in total. The van der Waals surface area contributed by atoms with Crippen LogP contribution in [0.15, 0.2) is 30.3 Å². The van der Waals surface area contributed by atoms with Gasteiger partial charge in [0.1, 0.15) is 5.69 Å². The zero-order valence-electron chi connectivity index (χ0n) is 12.3. The molecule has 0 aromatic heterocycles. The summed E-state index contributed by atoms with van der Waals surface area (Å²) < 4.78 is 55.0. The van der Waals surface area contributed by atoms with Crippen molar-refractivity contribution >= 4 is 11.4 Å². The first kappa shape index (κ1) is 16.2. The van der Waals surface area contributed by atoms with Gasteiger partial charge in [0.15, 0.2) is 23.3 Å². The quantitative estimate of drug-likeness (QED) is 0.470. The molecule has 1 heterocycles. The number of nitrogens with zero attached hydrogens (tertiary/aromatic N) is 2. The molecule has 1 aliphatic rings. The lowest BCUT2D eigenvalue weighted by Crippen LogP contribution is -2.25. The van der Waals surface area contributed by atoms with Crippen LogP contribution in [-0.2, 0) is 0 Å². The summed E-state index contributed by atoms with van der Waals surface area (Å²) in [5.74, 6) is -4.16. The Labute approximate surface area is 134 Å². The third kappa shape index (κ3) is 2.79. The Morgan fingerprint density at radius 3 is 2.25 bits per heavy atom. The Morgan fingerprint density at radius 2 is 1.67 bits per heavy atom. The lowest BCUT2D eigenvalue weighted by Gasteiger charge is -2.28. The number of benzene rings is 2. The van der Waals surface area contributed by atoms with E-state index in [2.05, 4.69) is 0 Å². The van der Waals surface area contributed by atoms with Crippen molar-refractivity contribution in [1.82, 2.24) is 0 Å². The molecule has 0 bridgehead atoms. The average molecular weight is 340 g/mol. The van der Waals surface area contributed by atoms with E-state index in [1.54, 1.807) is 0 Å². The Hall–Kier alpha value is -2.64. The molecule has 0 spiro atoms. The molecule has 0 saturated carbocycles. The summed E-state index contributed by atoms with van der Waals surface area (Å²) >= 11 is 0. The maximum atomic E-state index is 14.2. The van der Waals surface area contributed by atoms with Crippen molar-refractivity contribution in [2.24, 2.45) is 0 Å². The van der Waals surface area contributed by atoms with Gasteiger partial charge < -0.3 is 4.90 Å². The standard InChI is InChI=1S/C16H12F4N2O2/c17-11-4-3-9(6-12(11)18)15-2-1-5-21(15)16-13(19)7-10(22(23)24)8-14(16)20/h3-4,6-8,15H,1-2,5H2. The number of rotatable bonds is 3. The lowest BCUT2D eigenvalue weighted by molar-refractivity contribution is -0.385. The first-order valence-electron chi connectivity index (χ1n) is 7.23. The molecule has 1 atom stereocenters. The van der Waals surface area contributed by atoms with Gasteiger partial charge >= 0.3 is 0 Å². The van der Waals surface area contributed by atoms with E-state index >= 15 is 0 Å². The Kier molecular flexibility index (Phi) is 4.13. The van der Waals surface area contributed by atoms with Crippen LogP contribution in [0.1, 0.15) is 24.4 Å². The first-order chi connectivity index (χ1) is 11.4. The van der Waals surface area contributed by atoms with E-state index in [0.29, 0.717) is 37.1 Å². The number of halogens is 4. The Morgan fingerprint density at radius 1 is 1.00 bits per heavy atom. The molecule has 8 heteroatoms. The number of hydrogen-bond donors (Lipinski definition) is 0. The van der Waals surface area contributed by atoms with E-state index in [9.17, 15) is 27.7 Å². The lowest BCUT2D eigenvalue weighted by atomic mass is 10.0. The number of nitro groups is 1. The summed E-state index contributed by atoms with van der Waals surface area (Å²) in [5.41, 5.74) is -0.686. The molecule has 2 aromatic carbocycles. The summed E-state index contributed by atoms with van der Waals surface area (Å²) in [7, 11) is 0. The van der Waals surface area contributed by atoms with Gasteiger partial charge in [-0.25, -0.2) is 17.6 Å². The van der Waals surface area contributed by atoms with Crippen molar-refractivity contribution in [3.63, 3.8) is 0 Å². The van der Waals surface area contributed by atoms with Gasteiger partial charge in [-0.15, -0.1) is 0 Å². The highest BCUT2D eigenvalue weighted by Gasteiger charge is 2.32. The molecule has 1 aliphatic heterocycles. The summed E-state index contributed by atoms with van der Waals surface area (Å²) in [6.45, 7) is 0.301. The normalized spacial score (nSPS) is 17.3. The van der Waals surface area contributed by atoms with Crippen LogP contribution >= 0.6 is 0 Å². The summed E-state index contributed by atoms with van der Waals surface area (Å²) in [5, 5.41) is 10.7. The van der Waals surface area contributed by atoms with E-state index in [1.807, 2.05) is 0 Å². The summed E-state index contributed by atoms with van der Waals surface area (Å²) in [6.07, 6.45) is 1.10. The van der Waals surface area contributed by atoms with E-state index in [-0.39, 0.29) is 0 Å². The maximum Gasteiger partial charge on any atom is 0.275 e. The van der Waals surface area contributed by atoms with Crippen LogP contribution in [0.3, 0.4) is 0 Å². The second-order valence-electron chi connectivity index (χ2n) is 5.54. The van der Waals surface area contributed by atoms with Gasteiger partial charge in [-0.2, -0.15) is 0 Å². The average Bonchev–Trinajstić information content (AvgIpc) is 2.98. The van der Waals surface area contributed by atoms with Crippen LogP contribution in [0.4, 0.5) is 28.9 Å². The molecular formula is C16H12F4N2O2. The van der Waals surface area contributed by atoms with Gasteiger partial charge in [-0.3, -0.25) is 10.1 Å². The molecule has 0 radical (unpaired) electrons. The highest BCUT2D eigenvalue weighted by Crippen LogP contribution is 2.40. The van der Waals surface area contributed by atoms with Crippen molar-refractivity contribution in [1.29, 1.82) is 0 Å². The second kappa shape index (κ2) is 6.10. The van der Waals surface area contributed by atoms with Crippen LogP contribution in [-0.4, -0.2) is 11.5 Å². The molecule has 0 aliphatic carbocycles. The second-order valence-corrected chi connectivity index (χ2v) is 5.54. The van der Waals surface area contributed by atoms with Gasteiger partial charge in [0.05, 0.1) is 23.1 Å². The van der Waals surface area contributed by atoms with E-state index in [4.69, 9.17) is 0 Å². The van der Waals surface area contributed by atoms with Gasteiger partial charge in [0.25, 0.3) is 5.69 Å². The minimum atomic E-state index is -1.06. The molecule has 24 heavy (non-hydrogen) atoms. The Bertz CT molecular complexity index is 790. The Balaban J connectivity index is 2.02.